The summed E-state index contributed by atoms with van der Waals surface area (Å²) in [4.78, 5) is 0.710. The molecule has 19 heavy (non-hydrogen) atoms. The van der Waals surface area contributed by atoms with Crippen molar-refractivity contribution in [3.05, 3.63) is 28.7 Å². The van der Waals surface area contributed by atoms with Gasteiger partial charge in [-0.25, -0.2) is 8.93 Å². The molecule has 4 nitrogen and oxygen atoms in total. The molecule has 0 bridgehead atoms. The van der Waals surface area contributed by atoms with Crippen LogP contribution in [0.15, 0.2) is 43.9 Å². The van der Waals surface area contributed by atoms with Crippen LogP contribution in [0.3, 0.4) is 0 Å². The maximum Gasteiger partial charge on any atom is 0.136 e. The van der Waals surface area contributed by atoms with Gasteiger partial charge in [0, 0.05) is 4.47 Å². The second kappa shape index (κ2) is 6.24. The Balaban J connectivity index is 2.75. The minimum absolute atomic E-state index is 0.238. The van der Waals surface area contributed by atoms with Gasteiger partial charge in [-0.3, -0.25) is 0 Å². The summed E-state index contributed by atoms with van der Waals surface area (Å²) in [7, 11) is -1.31. The van der Waals surface area contributed by atoms with E-state index in [9.17, 15) is 4.21 Å². The van der Waals surface area contributed by atoms with Crippen LogP contribution in [0, 0.1) is 0 Å². The summed E-state index contributed by atoms with van der Waals surface area (Å²) in [5.41, 5.74) is -0.913. The summed E-state index contributed by atoms with van der Waals surface area (Å²) < 4.78 is 16.1. The zero-order valence-corrected chi connectivity index (χ0v) is 14.3. The number of nitrogens with zero attached hydrogens (tertiary/aromatic N) is 2. The Hall–Kier alpha value is -0.590. The predicted octanol–water partition coefficient (Wildman–Crippen LogP) is 4.05. The number of nitrogens with one attached hydrogen (secondary N) is 1. The topological polar surface area (TPSA) is 53.8 Å². The first-order valence-corrected chi connectivity index (χ1v) is 7.93. The van der Waals surface area contributed by atoms with Gasteiger partial charge in [-0.05, 0) is 58.9 Å². The third-order valence-electron chi connectivity index (χ3n) is 1.97. The second-order valence-corrected chi connectivity index (χ2v) is 7.88. The smallest absolute Gasteiger partial charge is 0.136 e. The fourth-order valence-electron chi connectivity index (χ4n) is 1.14. The van der Waals surface area contributed by atoms with Gasteiger partial charge in [0.15, 0.2) is 0 Å². The average Bonchev–Trinajstić information content (AvgIpc) is 2.26. The first-order chi connectivity index (χ1) is 8.59. The van der Waals surface area contributed by atoms with E-state index in [1.807, 2.05) is 58.9 Å². The third kappa shape index (κ3) is 6.40. The van der Waals surface area contributed by atoms with E-state index >= 15 is 0 Å². The van der Waals surface area contributed by atoms with Crippen LogP contribution in [0.1, 0.15) is 34.6 Å². The molecule has 0 aliphatic carbocycles. The highest BCUT2D eigenvalue weighted by Gasteiger charge is 2.21. The van der Waals surface area contributed by atoms with Crippen LogP contribution in [0.2, 0.25) is 0 Å². The Morgan fingerprint density at radius 2 is 1.58 bits per heavy atom. The van der Waals surface area contributed by atoms with Gasteiger partial charge < -0.3 is 0 Å². The number of hydrogen-bond acceptors (Lipinski definition) is 3. The molecule has 106 valence electrons. The lowest BCUT2D eigenvalue weighted by atomic mass is 10.1. The minimum Gasteiger partial charge on any atom is -0.237 e. The van der Waals surface area contributed by atoms with Crippen molar-refractivity contribution in [2.75, 3.05) is 0 Å². The van der Waals surface area contributed by atoms with Crippen molar-refractivity contribution in [3.63, 3.8) is 0 Å². The van der Waals surface area contributed by atoms with Gasteiger partial charge in [0.25, 0.3) is 0 Å². The molecule has 1 aromatic rings. The van der Waals surface area contributed by atoms with Crippen LogP contribution in [0.5, 0.6) is 0 Å². The van der Waals surface area contributed by atoms with Crippen molar-refractivity contribution >= 4 is 26.9 Å². The second-order valence-electron chi connectivity index (χ2n) is 5.75. The zero-order valence-electron chi connectivity index (χ0n) is 11.9. The molecule has 0 spiro atoms. The molecule has 0 amide bonds. The molecule has 1 rings (SSSR count). The Labute approximate surface area is 125 Å². The molecule has 0 heterocycles. The van der Waals surface area contributed by atoms with Gasteiger partial charge >= 0.3 is 0 Å². The van der Waals surface area contributed by atoms with Crippen molar-refractivity contribution in [2.45, 2.75) is 50.7 Å². The lowest BCUT2D eigenvalue weighted by Crippen LogP contribution is -2.38. The summed E-state index contributed by atoms with van der Waals surface area (Å²) >= 11 is 3.35. The van der Waals surface area contributed by atoms with Gasteiger partial charge in [-0.1, -0.05) is 15.9 Å². The van der Waals surface area contributed by atoms with Crippen LogP contribution in [-0.2, 0) is 11.0 Å². The van der Waals surface area contributed by atoms with E-state index in [0.717, 1.165) is 4.47 Å². The number of rotatable bonds is 4. The van der Waals surface area contributed by atoms with Gasteiger partial charge in [0.2, 0.25) is 0 Å². The maximum atomic E-state index is 12.2. The van der Waals surface area contributed by atoms with E-state index in [2.05, 4.69) is 30.9 Å². The molecule has 0 fully saturated rings. The molecule has 0 radical (unpaired) electrons. The monoisotopic (exact) mass is 345 g/mol. The van der Waals surface area contributed by atoms with Crippen molar-refractivity contribution < 1.29 is 4.21 Å². The van der Waals surface area contributed by atoms with E-state index in [-0.39, 0.29) is 5.54 Å². The summed E-state index contributed by atoms with van der Waals surface area (Å²) in [6, 6.07) is 7.34. The summed E-state index contributed by atoms with van der Waals surface area (Å²) in [5.74, 6) is 0. The van der Waals surface area contributed by atoms with Crippen LogP contribution >= 0.6 is 15.9 Å². The average molecular weight is 346 g/mol. The van der Waals surface area contributed by atoms with E-state index in [4.69, 9.17) is 0 Å². The fourth-order valence-corrected chi connectivity index (χ4v) is 2.40. The lowest BCUT2D eigenvalue weighted by Gasteiger charge is -2.21. The van der Waals surface area contributed by atoms with Gasteiger partial charge in [-0.15, -0.1) is 0 Å². The summed E-state index contributed by atoms with van der Waals surface area (Å²) in [6.45, 7) is 9.60. The number of halogens is 1. The third-order valence-corrected chi connectivity index (χ3v) is 3.88. The molecular weight excluding hydrogens is 326 g/mol. The normalized spacial score (nSPS) is 14.8. The van der Waals surface area contributed by atoms with E-state index < -0.39 is 16.6 Å². The lowest BCUT2D eigenvalue weighted by molar-refractivity contribution is 0.423. The molecule has 0 saturated carbocycles. The standard InChI is InChI=1S/C13H20BrN3OS/c1-12(2,3)15-16-13(4,5)17-19(18)11-8-6-10(14)7-9-11/h6-9,17H,1-5H3. The largest absolute Gasteiger partial charge is 0.237 e. The van der Waals surface area contributed by atoms with Crippen LogP contribution < -0.4 is 4.72 Å². The highest BCUT2D eigenvalue weighted by molar-refractivity contribution is 9.10. The molecule has 6 heteroatoms. The molecule has 0 aromatic heterocycles. The molecule has 1 aromatic carbocycles. The quantitative estimate of drug-likeness (QED) is 0.822. The first kappa shape index (κ1) is 16.5. The molecule has 0 aliphatic rings. The Kier molecular flexibility index (Phi) is 5.41. The maximum absolute atomic E-state index is 12.2. The molecule has 0 saturated heterocycles. The molecule has 1 atom stereocenters. The van der Waals surface area contributed by atoms with Crippen molar-refractivity contribution in [3.8, 4) is 0 Å². The first-order valence-electron chi connectivity index (χ1n) is 5.98. The highest BCUT2D eigenvalue weighted by Crippen LogP contribution is 2.16. The van der Waals surface area contributed by atoms with Crippen LogP contribution in [0.25, 0.3) is 0 Å². The van der Waals surface area contributed by atoms with Crippen molar-refractivity contribution in [2.24, 2.45) is 10.2 Å². The molecule has 1 unspecified atom stereocenters. The van der Waals surface area contributed by atoms with Crippen LogP contribution in [0.4, 0.5) is 0 Å². The minimum atomic E-state index is -1.31. The van der Waals surface area contributed by atoms with Crippen molar-refractivity contribution in [1.29, 1.82) is 0 Å². The Bertz CT molecular complexity index is 478. The van der Waals surface area contributed by atoms with Crippen molar-refractivity contribution in [1.82, 2.24) is 4.72 Å². The molecular formula is C13H20BrN3OS. The van der Waals surface area contributed by atoms with E-state index in [1.54, 1.807) is 0 Å². The highest BCUT2D eigenvalue weighted by atomic mass is 79.9. The SMILES string of the molecule is CC(C)(C)N=NC(C)(C)NS(=O)c1ccc(Br)cc1. The van der Waals surface area contributed by atoms with Gasteiger partial charge in [0.05, 0.1) is 10.4 Å². The fraction of sp³-hybridized carbons (Fsp3) is 0.538. The molecule has 0 aliphatic heterocycles. The molecule has 1 N–H and O–H groups in total. The van der Waals surface area contributed by atoms with Crippen LogP contribution in [-0.4, -0.2) is 15.4 Å². The van der Waals surface area contributed by atoms with Gasteiger partial charge in [0.1, 0.15) is 16.6 Å². The summed E-state index contributed by atoms with van der Waals surface area (Å²) in [6.07, 6.45) is 0. The van der Waals surface area contributed by atoms with Gasteiger partial charge in [-0.2, -0.15) is 10.2 Å². The number of azo groups is 1. The summed E-state index contributed by atoms with van der Waals surface area (Å²) in [5, 5.41) is 8.43. The van der Waals surface area contributed by atoms with E-state index in [0.29, 0.717) is 4.90 Å². The number of benzene rings is 1. The Morgan fingerprint density at radius 1 is 1.05 bits per heavy atom. The number of hydrogen-bond donors (Lipinski definition) is 1. The predicted molar refractivity (Wildman–Crippen MR) is 82.4 cm³/mol. The zero-order chi connectivity index (χ0) is 14.7. The van der Waals surface area contributed by atoms with E-state index in [1.165, 1.54) is 0 Å². The Morgan fingerprint density at radius 3 is 2.05 bits per heavy atom.